The molecule has 3 aromatic rings. The summed E-state index contributed by atoms with van der Waals surface area (Å²) in [6.07, 6.45) is -5.03. The van der Waals surface area contributed by atoms with Crippen molar-refractivity contribution in [3.8, 4) is 20.2 Å². The van der Waals surface area contributed by atoms with Crippen LogP contribution in [0.1, 0.15) is 5.56 Å². The van der Waals surface area contributed by atoms with Crippen molar-refractivity contribution in [3.63, 3.8) is 0 Å². The van der Waals surface area contributed by atoms with Crippen molar-refractivity contribution >= 4 is 22.7 Å². The van der Waals surface area contributed by atoms with E-state index in [9.17, 15) is 13.2 Å². The van der Waals surface area contributed by atoms with Gasteiger partial charge in [-0.05, 0) is 34.7 Å². The molecule has 0 aliphatic heterocycles. The number of alkyl halides is 3. The Kier molecular flexibility index (Phi) is 3.87. The van der Waals surface area contributed by atoms with Gasteiger partial charge in [0, 0.05) is 14.6 Å². The smallest absolute Gasteiger partial charge is 0.171 e. The Morgan fingerprint density at radius 2 is 1.52 bits per heavy atom. The maximum Gasteiger partial charge on any atom is 0.393 e. The molecule has 0 aliphatic carbocycles. The van der Waals surface area contributed by atoms with Crippen molar-refractivity contribution < 1.29 is 13.2 Å². The van der Waals surface area contributed by atoms with Gasteiger partial charge in [-0.2, -0.15) is 13.2 Å². The van der Waals surface area contributed by atoms with Crippen LogP contribution in [-0.2, 0) is 6.42 Å². The predicted octanol–water partition coefficient (Wildman–Crippen LogP) is 6.25. The van der Waals surface area contributed by atoms with Gasteiger partial charge in [0.15, 0.2) is 0 Å². The first-order valence-electron chi connectivity index (χ1n) is 6.31. The average molecular weight is 324 g/mol. The Labute approximate surface area is 128 Å². The lowest BCUT2D eigenvalue weighted by molar-refractivity contribution is -0.127. The Bertz CT molecular complexity index is 707. The highest BCUT2D eigenvalue weighted by Crippen LogP contribution is 2.36. The van der Waals surface area contributed by atoms with Crippen LogP contribution in [0, 0.1) is 0 Å². The van der Waals surface area contributed by atoms with Crippen molar-refractivity contribution in [2.24, 2.45) is 0 Å². The van der Waals surface area contributed by atoms with Gasteiger partial charge in [0.1, 0.15) is 0 Å². The number of hydrogen-bond acceptors (Lipinski definition) is 2. The summed E-state index contributed by atoms with van der Waals surface area (Å²) in [5.74, 6) is 0. The largest absolute Gasteiger partial charge is 0.393 e. The fourth-order valence-corrected chi connectivity index (χ4v) is 3.91. The molecule has 0 amide bonds. The fraction of sp³-hybridized carbons (Fsp3) is 0.125. The maximum atomic E-state index is 12.3. The Hall–Kier alpha value is -1.59. The number of thiophene rings is 2. The molecule has 0 fully saturated rings. The summed E-state index contributed by atoms with van der Waals surface area (Å²) in [5, 5.41) is 2.03. The molecule has 2 aromatic heterocycles. The third kappa shape index (κ3) is 3.54. The molecule has 0 aliphatic rings. The van der Waals surface area contributed by atoms with Crippen LogP contribution in [0.3, 0.4) is 0 Å². The number of benzene rings is 1. The summed E-state index contributed by atoms with van der Waals surface area (Å²) in [5.41, 5.74) is 1.25. The number of rotatable bonds is 3. The van der Waals surface area contributed by atoms with Gasteiger partial charge in [-0.15, -0.1) is 22.7 Å². The highest BCUT2D eigenvalue weighted by atomic mass is 32.1. The second kappa shape index (κ2) is 5.66. The summed E-state index contributed by atoms with van der Waals surface area (Å²) in [7, 11) is 0. The summed E-state index contributed by atoms with van der Waals surface area (Å²) in [4.78, 5) is 3.45. The molecule has 0 saturated heterocycles. The van der Waals surface area contributed by atoms with Crippen LogP contribution in [0.4, 0.5) is 13.2 Å². The van der Waals surface area contributed by atoms with E-state index in [2.05, 4.69) is 12.1 Å². The Morgan fingerprint density at radius 3 is 2.14 bits per heavy atom. The molecule has 0 radical (unpaired) electrons. The molecule has 0 nitrogen and oxygen atoms in total. The number of halogens is 3. The van der Waals surface area contributed by atoms with E-state index in [0.29, 0.717) is 5.56 Å². The topological polar surface area (TPSA) is 0 Å². The minimum atomic E-state index is -4.16. The highest BCUT2D eigenvalue weighted by molar-refractivity contribution is 7.23. The monoisotopic (exact) mass is 324 g/mol. The quantitative estimate of drug-likeness (QED) is 0.534. The van der Waals surface area contributed by atoms with Gasteiger partial charge < -0.3 is 0 Å². The van der Waals surface area contributed by atoms with Crippen LogP contribution >= 0.6 is 22.7 Å². The van der Waals surface area contributed by atoms with E-state index in [4.69, 9.17) is 0 Å². The van der Waals surface area contributed by atoms with Crippen LogP contribution in [0.2, 0.25) is 0 Å². The van der Waals surface area contributed by atoms with Crippen LogP contribution < -0.4 is 0 Å². The van der Waals surface area contributed by atoms with Crippen LogP contribution in [0.25, 0.3) is 20.2 Å². The first kappa shape index (κ1) is 14.4. The minimum Gasteiger partial charge on any atom is -0.171 e. The van der Waals surface area contributed by atoms with E-state index < -0.39 is 12.6 Å². The van der Waals surface area contributed by atoms with E-state index in [1.165, 1.54) is 9.75 Å². The zero-order valence-corrected chi connectivity index (χ0v) is 12.5. The zero-order valence-electron chi connectivity index (χ0n) is 10.9. The summed E-state index contributed by atoms with van der Waals surface area (Å²) in [6.45, 7) is 0. The molecule has 0 bridgehead atoms. The number of hydrogen-bond donors (Lipinski definition) is 0. The van der Waals surface area contributed by atoms with Crippen molar-refractivity contribution in [1.82, 2.24) is 0 Å². The molecular formula is C16H11F3S2. The van der Waals surface area contributed by atoms with E-state index in [1.54, 1.807) is 46.9 Å². The second-order valence-corrected chi connectivity index (χ2v) is 6.66. The van der Waals surface area contributed by atoms with E-state index in [-0.39, 0.29) is 0 Å². The van der Waals surface area contributed by atoms with Gasteiger partial charge in [0.2, 0.25) is 0 Å². The van der Waals surface area contributed by atoms with Gasteiger partial charge in [-0.25, -0.2) is 0 Å². The Morgan fingerprint density at radius 1 is 0.810 bits per heavy atom. The van der Waals surface area contributed by atoms with Gasteiger partial charge in [0.05, 0.1) is 6.42 Å². The third-order valence-corrected chi connectivity index (χ3v) is 5.21. The van der Waals surface area contributed by atoms with E-state index in [1.807, 2.05) is 17.5 Å². The normalized spacial score (nSPS) is 11.8. The van der Waals surface area contributed by atoms with Crippen molar-refractivity contribution in [1.29, 1.82) is 0 Å². The molecule has 5 heteroatoms. The van der Waals surface area contributed by atoms with Gasteiger partial charge >= 0.3 is 6.18 Å². The standard InChI is InChI=1S/C16H11F3S2/c17-16(18,19)10-11-3-5-12(6-4-11)13-7-8-15(21-13)14-2-1-9-20-14/h1-9H,10H2. The summed E-state index contributed by atoms with van der Waals surface area (Å²) in [6, 6.07) is 14.7. The zero-order chi connectivity index (χ0) is 14.9. The van der Waals surface area contributed by atoms with Crippen molar-refractivity contribution in [3.05, 3.63) is 59.5 Å². The van der Waals surface area contributed by atoms with Crippen LogP contribution in [-0.4, -0.2) is 6.18 Å². The van der Waals surface area contributed by atoms with Gasteiger partial charge in [-0.3, -0.25) is 0 Å². The molecule has 0 saturated carbocycles. The lowest BCUT2D eigenvalue weighted by Gasteiger charge is -2.06. The average Bonchev–Trinajstić information content (AvgIpc) is 3.09. The molecule has 2 heterocycles. The predicted molar refractivity (Wildman–Crippen MR) is 82.8 cm³/mol. The first-order valence-corrected chi connectivity index (χ1v) is 8.01. The molecule has 1 aromatic carbocycles. The Balaban J connectivity index is 1.81. The summed E-state index contributed by atoms with van der Waals surface area (Å²) >= 11 is 3.33. The highest BCUT2D eigenvalue weighted by Gasteiger charge is 2.27. The fourth-order valence-electron chi connectivity index (χ4n) is 2.06. The molecule has 0 spiro atoms. The first-order chi connectivity index (χ1) is 10.0. The molecule has 3 rings (SSSR count). The minimum absolute atomic E-state index is 0.293. The van der Waals surface area contributed by atoms with E-state index in [0.717, 1.165) is 10.4 Å². The lowest BCUT2D eigenvalue weighted by atomic mass is 10.1. The van der Waals surface area contributed by atoms with Gasteiger partial charge in [0.25, 0.3) is 0 Å². The lowest BCUT2D eigenvalue weighted by Crippen LogP contribution is -2.11. The molecule has 108 valence electrons. The third-order valence-electron chi connectivity index (χ3n) is 3.01. The van der Waals surface area contributed by atoms with E-state index >= 15 is 0 Å². The van der Waals surface area contributed by atoms with Gasteiger partial charge in [-0.1, -0.05) is 30.3 Å². The SMILES string of the molecule is FC(F)(F)Cc1ccc(-c2ccc(-c3cccs3)s2)cc1. The molecule has 0 N–H and O–H groups in total. The molecular weight excluding hydrogens is 313 g/mol. The second-order valence-electron chi connectivity index (χ2n) is 4.63. The van der Waals surface area contributed by atoms with Crippen LogP contribution in [0.5, 0.6) is 0 Å². The molecule has 0 atom stereocenters. The van der Waals surface area contributed by atoms with Crippen molar-refractivity contribution in [2.75, 3.05) is 0 Å². The maximum absolute atomic E-state index is 12.3. The molecule has 0 unspecified atom stereocenters. The van der Waals surface area contributed by atoms with Crippen molar-refractivity contribution in [2.45, 2.75) is 12.6 Å². The molecule has 21 heavy (non-hydrogen) atoms. The summed E-state index contributed by atoms with van der Waals surface area (Å²) < 4.78 is 37.0. The van der Waals surface area contributed by atoms with Crippen LogP contribution in [0.15, 0.2) is 53.9 Å².